The minimum Gasteiger partial charge on any atom is -0.383 e. The maximum atomic E-state index is 5.12. The van der Waals surface area contributed by atoms with E-state index in [1.54, 1.807) is 7.11 Å². The van der Waals surface area contributed by atoms with E-state index in [1.165, 1.54) is 5.56 Å². The number of hydrogen-bond acceptors (Lipinski definition) is 2. The van der Waals surface area contributed by atoms with Crippen molar-refractivity contribution in [3.63, 3.8) is 0 Å². The number of rotatable bonds is 6. The van der Waals surface area contributed by atoms with Crippen LogP contribution in [-0.4, -0.2) is 24.3 Å². The largest absolute Gasteiger partial charge is 0.383 e. The molecule has 0 aromatic carbocycles. The Hall–Kier alpha value is -0.800. The highest BCUT2D eigenvalue weighted by molar-refractivity contribution is 5.09. The molecule has 3 heteroatoms. The summed E-state index contributed by atoms with van der Waals surface area (Å²) in [5.41, 5.74) is 1.32. The second-order valence-corrected chi connectivity index (χ2v) is 3.63. The lowest BCUT2D eigenvalue weighted by atomic mass is 10.2. The van der Waals surface area contributed by atoms with Gasteiger partial charge in [-0.2, -0.15) is 0 Å². The van der Waals surface area contributed by atoms with Crippen molar-refractivity contribution in [2.24, 2.45) is 7.05 Å². The summed E-state index contributed by atoms with van der Waals surface area (Å²) in [6, 6.07) is 2.59. The molecule has 0 aliphatic heterocycles. The van der Waals surface area contributed by atoms with E-state index in [0.29, 0.717) is 6.04 Å². The molecular formula is C11H20N2O. The monoisotopic (exact) mass is 196 g/mol. The summed E-state index contributed by atoms with van der Waals surface area (Å²) in [7, 11) is 3.78. The molecule has 0 saturated heterocycles. The highest BCUT2D eigenvalue weighted by Crippen LogP contribution is 2.00. The van der Waals surface area contributed by atoms with Gasteiger partial charge in [0.2, 0.25) is 0 Å². The number of nitrogens with one attached hydrogen (secondary N) is 1. The van der Waals surface area contributed by atoms with Gasteiger partial charge in [0.1, 0.15) is 0 Å². The summed E-state index contributed by atoms with van der Waals surface area (Å²) in [6.45, 7) is 3.87. The molecule has 1 aromatic rings. The van der Waals surface area contributed by atoms with Crippen molar-refractivity contribution in [2.45, 2.75) is 25.9 Å². The molecule has 0 spiro atoms. The predicted molar refractivity (Wildman–Crippen MR) is 58.2 cm³/mol. The van der Waals surface area contributed by atoms with E-state index in [-0.39, 0.29) is 0 Å². The molecule has 1 heterocycles. The first-order valence-electron chi connectivity index (χ1n) is 5.09. The lowest BCUT2D eigenvalue weighted by Crippen LogP contribution is -2.31. The number of aryl methyl sites for hydroxylation is 1. The van der Waals surface area contributed by atoms with Crippen LogP contribution in [0.1, 0.15) is 18.9 Å². The van der Waals surface area contributed by atoms with E-state index in [0.717, 1.165) is 19.6 Å². The lowest BCUT2D eigenvalue weighted by molar-refractivity contribution is 0.164. The first-order valence-corrected chi connectivity index (χ1v) is 5.09. The second kappa shape index (κ2) is 5.83. The fourth-order valence-corrected chi connectivity index (χ4v) is 1.45. The fourth-order valence-electron chi connectivity index (χ4n) is 1.45. The van der Waals surface area contributed by atoms with Crippen LogP contribution in [0.3, 0.4) is 0 Å². The molecule has 0 radical (unpaired) electrons. The van der Waals surface area contributed by atoms with Crippen molar-refractivity contribution in [1.29, 1.82) is 0 Å². The van der Waals surface area contributed by atoms with Crippen LogP contribution in [0, 0.1) is 0 Å². The maximum absolute atomic E-state index is 5.12. The Morgan fingerprint density at radius 1 is 1.57 bits per heavy atom. The number of aromatic nitrogens is 1. The van der Waals surface area contributed by atoms with Crippen LogP contribution in [0.4, 0.5) is 0 Å². The molecule has 3 nitrogen and oxygen atoms in total. The number of nitrogens with zero attached hydrogens (tertiary/aromatic N) is 1. The zero-order chi connectivity index (χ0) is 10.4. The molecule has 0 amide bonds. The average molecular weight is 196 g/mol. The van der Waals surface area contributed by atoms with Crippen LogP contribution in [0.15, 0.2) is 18.5 Å². The topological polar surface area (TPSA) is 26.2 Å². The molecule has 0 bridgehead atoms. The molecule has 1 rings (SSSR count). The van der Waals surface area contributed by atoms with Crippen molar-refractivity contribution in [3.05, 3.63) is 24.0 Å². The van der Waals surface area contributed by atoms with E-state index in [9.17, 15) is 0 Å². The van der Waals surface area contributed by atoms with Crippen LogP contribution < -0.4 is 5.32 Å². The Morgan fingerprint density at radius 2 is 2.36 bits per heavy atom. The Bertz CT molecular complexity index is 258. The Morgan fingerprint density at radius 3 is 2.86 bits per heavy atom. The first kappa shape index (κ1) is 11.3. The van der Waals surface area contributed by atoms with E-state index in [4.69, 9.17) is 4.74 Å². The van der Waals surface area contributed by atoms with Gasteiger partial charge in [0.05, 0.1) is 6.61 Å². The Kier molecular flexibility index (Phi) is 4.70. The van der Waals surface area contributed by atoms with Crippen molar-refractivity contribution in [3.8, 4) is 0 Å². The van der Waals surface area contributed by atoms with Gasteiger partial charge in [0, 0.05) is 39.1 Å². The summed E-state index contributed by atoms with van der Waals surface area (Å²) in [5.74, 6) is 0. The number of ether oxygens (including phenoxy) is 1. The third-order valence-corrected chi connectivity index (χ3v) is 2.35. The van der Waals surface area contributed by atoms with E-state index >= 15 is 0 Å². The van der Waals surface area contributed by atoms with Gasteiger partial charge in [-0.3, -0.25) is 0 Å². The third-order valence-electron chi connectivity index (χ3n) is 2.35. The molecule has 80 valence electrons. The van der Waals surface area contributed by atoms with Crippen molar-refractivity contribution < 1.29 is 4.74 Å². The number of methoxy groups -OCH3 is 1. The van der Waals surface area contributed by atoms with Crippen LogP contribution >= 0.6 is 0 Å². The van der Waals surface area contributed by atoms with Crippen molar-refractivity contribution >= 4 is 0 Å². The van der Waals surface area contributed by atoms with Gasteiger partial charge >= 0.3 is 0 Å². The normalized spacial score (nSPS) is 13.1. The maximum Gasteiger partial charge on any atom is 0.0615 e. The third kappa shape index (κ3) is 3.52. The van der Waals surface area contributed by atoms with Crippen molar-refractivity contribution in [1.82, 2.24) is 9.88 Å². The zero-order valence-corrected chi connectivity index (χ0v) is 9.29. The molecule has 0 aliphatic rings. The highest BCUT2D eigenvalue weighted by Gasteiger charge is 2.04. The predicted octanol–water partition coefficient (Wildman–Crippen LogP) is 1.54. The molecule has 1 N–H and O–H groups in total. The molecule has 0 fully saturated rings. The van der Waals surface area contributed by atoms with Gasteiger partial charge in [0.25, 0.3) is 0 Å². The van der Waals surface area contributed by atoms with Gasteiger partial charge in [-0.1, -0.05) is 6.92 Å². The average Bonchev–Trinajstić information content (AvgIpc) is 2.59. The van der Waals surface area contributed by atoms with Gasteiger partial charge < -0.3 is 14.6 Å². The summed E-state index contributed by atoms with van der Waals surface area (Å²) >= 11 is 0. The minimum absolute atomic E-state index is 0.459. The SMILES string of the molecule is CCC(COC)NCc1ccn(C)c1. The Labute approximate surface area is 86.1 Å². The van der Waals surface area contributed by atoms with Gasteiger partial charge in [-0.15, -0.1) is 0 Å². The number of hydrogen-bond donors (Lipinski definition) is 1. The van der Waals surface area contributed by atoms with Gasteiger partial charge in [-0.25, -0.2) is 0 Å². The van der Waals surface area contributed by atoms with Gasteiger partial charge in [-0.05, 0) is 18.1 Å². The molecule has 1 aromatic heterocycles. The minimum atomic E-state index is 0.459. The molecule has 14 heavy (non-hydrogen) atoms. The molecular weight excluding hydrogens is 176 g/mol. The zero-order valence-electron chi connectivity index (χ0n) is 9.29. The summed E-state index contributed by atoms with van der Waals surface area (Å²) in [5, 5.41) is 3.46. The fraction of sp³-hybridized carbons (Fsp3) is 0.636. The van der Waals surface area contributed by atoms with E-state index < -0.39 is 0 Å². The second-order valence-electron chi connectivity index (χ2n) is 3.63. The summed E-state index contributed by atoms with van der Waals surface area (Å²) in [4.78, 5) is 0. The smallest absolute Gasteiger partial charge is 0.0615 e. The van der Waals surface area contributed by atoms with Crippen LogP contribution in [0.25, 0.3) is 0 Å². The standard InChI is InChI=1S/C11H20N2O/c1-4-11(9-14-3)12-7-10-5-6-13(2)8-10/h5-6,8,11-12H,4,7,9H2,1-3H3. The van der Waals surface area contributed by atoms with Gasteiger partial charge in [0.15, 0.2) is 0 Å². The summed E-state index contributed by atoms with van der Waals surface area (Å²) in [6.07, 6.45) is 5.29. The van der Waals surface area contributed by atoms with Crippen molar-refractivity contribution in [2.75, 3.05) is 13.7 Å². The van der Waals surface area contributed by atoms with E-state index in [1.807, 2.05) is 7.05 Å². The molecule has 0 aliphatic carbocycles. The van der Waals surface area contributed by atoms with Crippen LogP contribution in [0.5, 0.6) is 0 Å². The van der Waals surface area contributed by atoms with Crippen LogP contribution in [0.2, 0.25) is 0 Å². The lowest BCUT2D eigenvalue weighted by Gasteiger charge is -2.15. The quantitative estimate of drug-likeness (QED) is 0.747. The van der Waals surface area contributed by atoms with E-state index in [2.05, 4.69) is 35.3 Å². The molecule has 0 saturated carbocycles. The molecule has 1 unspecified atom stereocenters. The summed E-state index contributed by atoms with van der Waals surface area (Å²) < 4.78 is 7.18. The highest BCUT2D eigenvalue weighted by atomic mass is 16.5. The van der Waals surface area contributed by atoms with Crippen LogP contribution in [-0.2, 0) is 18.3 Å². The Balaban J connectivity index is 2.31. The first-order chi connectivity index (χ1) is 6.76. The molecule has 1 atom stereocenters.